The smallest absolute Gasteiger partial charge is 0.317 e. The average molecular weight is 314 g/mol. The van der Waals surface area contributed by atoms with E-state index < -0.39 is 0 Å². The van der Waals surface area contributed by atoms with E-state index >= 15 is 0 Å². The molecule has 1 aliphatic heterocycles. The first-order valence-corrected chi connectivity index (χ1v) is 7.87. The van der Waals surface area contributed by atoms with Crippen molar-refractivity contribution in [3.8, 4) is 0 Å². The first-order valence-electron chi connectivity index (χ1n) is 7.87. The van der Waals surface area contributed by atoms with Crippen molar-refractivity contribution < 1.29 is 9.53 Å². The summed E-state index contributed by atoms with van der Waals surface area (Å²) < 4.78 is 7.56. The lowest BCUT2D eigenvalue weighted by molar-refractivity contribution is -0.0133. The molecule has 1 saturated heterocycles. The number of aryl methyl sites for hydroxylation is 1. The van der Waals surface area contributed by atoms with E-state index in [9.17, 15) is 4.79 Å². The van der Waals surface area contributed by atoms with Gasteiger partial charge in [-0.1, -0.05) is 30.3 Å². The van der Waals surface area contributed by atoms with Crippen LogP contribution in [0.15, 0.2) is 42.6 Å². The summed E-state index contributed by atoms with van der Waals surface area (Å²) >= 11 is 0. The molecule has 6 nitrogen and oxygen atoms in total. The van der Waals surface area contributed by atoms with Gasteiger partial charge in [0.1, 0.15) is 0 Å². The summed E-state index contributed by atoms with van der Waals surface area (Å²) in [7, 11) is 1.87. The van der Waals surface area contributed by atoms with Crippen molar-refractivity contribution in [3.05, 3.63) is 53.9 Å². The largest absolute Gasteiger partial charge is 0.374 e. The predicted octanol–water partition coefficient (Wildman–Crippen LogP) is 1.57. The van der Waals surface area contributed by atoms with Crippen LogP contribution < -0.4 is 5.32 Å². The molecule has 1 aromatic heterocycles. The van der Waals surface area contributed by atoms with Gasteiger partial charge in [0, 0.05) is 32.8 Å². The number of ether oxygens (including phenoxy) is 1. The van der Waals surface area contributed by atoms with E-state index in [-0.39, 0.29) is 12.1 Å². The van der Waals surface area contributed by atoms with Crippen molar-refractivity contribution in [1.82, 2.24) is 20.0 Å². The van der Waals surface area contributed by atoms with Crippen molar-refractivity contribution >= 4 is 6.03 Å². The summed E-state index contributed by atoms with van der Waals surface area (Å²) in [6.07, 6.45) is 2.60. The number of urea groups is 1. The molecule has 0 unspecified atom stereocenters. The maximum atomic E-state index is 12.3. The van der Waals surface area contributed by atoms with E-state index in [1.54, 1.807) is 10.9 Å². The van der Waals surface area contributed by atoms with E-state index in [4.69, 9.17) is 4.74 Å². The van der Waals surface area contributed by atoms with Crippen LogP contribution in [0.4, 0.5) is 4.79 Å². The highest BCUT2D eigenvalue weighted by Crippen LogP contribution is 2.12. The molecule has 122 valence electrons. The van der Waals surface area contributed by atoms with Crippen LogP contribution in [-0.4, -0.2) is 46.5 Å². The quantitative estimate of drug-likeness (QED) is 0.932. The van der Waals surface area contributed by atoms with Crippen LogP contribution in [0.3, 0.4) is 0 Å². The van der Waals surface area contributed by atoms with E-state index in [1.807, 2.05) is 36.2 Å². The highest BCUT2D eigenvalue weighted by Gasteiger charge is 2.24. The standard InChI is InChI=1S/C17H22N4O2/c1-20-15(7-8-19-20)12-18-17(22)21-9-10-23-16(13-21)11-14-5-3-2-4-6-14/h2-8,16H,9-13H2,1H3,(H,18,22)/t16-/m1/s1. The van der Waals surface area contributed by atoms with Crippen LogP contribution in [0.25, 0.3) is 0 Å². The van der Waals surface area contributed by atoms with Gasteiger partial charge in [-0.15, -0.1) is 0 Å². The molecule has 3 rings (SSSR count). The SMILES string of the molecule is Cn1nccc1CNC(=O)N1CCO[C@H](Cc2ccccc2)C1. The molecular formula is C17H22N4O2. The van der Waals surface area contributed by atoms with E-state index in [1.165, 1.54) is 5.56 Å². The Hall–Kier alpha value is -2.34. The molecular weight excluding hydrogens is 292 g/mol. The van der Waals surface area contributed by atoms with Gasteiger partial charge in [-0.2, -0.15) is 5.10 Å². The van der Waals surface area contributed by atoms with Crippen molar-refractivity contribution in [2.24, 2.45) is 7.05 Å². The topological polar surface area (TPSA) is 59.4 Å². The lowest BCUT2D eigenvalue weighted by Crippen LogP contribution is -2.50. The van der Waals surface area contributed by atoms with E-state index in [0.29, 0.717) is 26.2 Å². The zero-order valence-electron chi connectivity index (χ0n) is 13.3. The van der Waals surface area contributed by atoms with Gasteiger partial charge in [-0.05, 0) is 11.6 Å². The molecule has 2 heterocycles. The molecule has 0 bridgehead atoms. The Morgan fingerprint density at radius 1 is 1.35 bits per heavy atom. The van der Waals surface area contributed by atoms with Gasteiger partial charge < -0.3 is 15.0 Å². The number of hydrogen-bond donors (Lipinski definition) is 1. The molecule has 1 aromatic carbocycles. The normalized spacial score (nSPS) is 18.0. The second-order valence-electron chi connectivity index (χ2n) is 5.73. The van der Waals surface area contributed by atoms with Crippen LogP contribution in [0.2, 0.25) is 0 Å². The van der Waals surface area contributed by atoms with Crippen LogP contribution in [0, 0.1) is 0 Å². The molecule has 1 aliphatic rings. The Balaban J connectivity index is 1.51. The fourth-order valence-corrected chi connectivity index (χ4v) is 2.76. The minimum absolute atomic E-state index is 0.0486. The lowest BCUT2D eigenvalue weighted by Gasteiger charge is -2.33. The molecule has 1 fully saturated rings. The van der Waals surface area contributed by atoms with Gasteiger partial charge in [0.2, 0.25) is 0 Å². The van der Waals surface area contributed by atoms with Crippen LogP contribution in [0.5, 0.6) is 0 Å². The van der Waals surface area contributed by atoms with Gasteiger partial charge in [0.05, 0.1) is 24.9 Å². The van der Waals surface area contributed by atoms with Gasteiger partial charge >= 0.3 is 6.03 Å². The number of nitrogens with one attached hydrogen (secondary N) is 1. The minimum Gasteiger partial charge on any atom is -0.374 e. The maximum Gasteiger partial charge on any atom is 0.317 e. The summed E-state index contributed by atoms with van der Waals surface area (Å²) in [4.78, 5) is 14.2. The number of rotatable bonds is 4. The van der Waals surface area contributed by atoms with Crippen LogP contribution in [0.1, 0.15) is 11.3 Å². The van der Waals surface area contributed by atoms with E-state index in [2.05, 4.69) is 22.5 Å². The summed E-state index contributed by atoms with van der Waals surface area (Å²) in [5.41, 5.74) is 2.21. The second-order valence-corrected chi connectivity index (χ2v) is 5.73. The fourth-order valence-electron chi connectivity index (χ4n) is 2.76. The Morgan fingerprint density at radius 2 is 2.17 bits per heavy atom. The van der Waals surface area contributed by atoms with Gasteiger partial charge in [-0.25, -0.2) is 4.79 Å². The molecule has 0 spiro atoms. The van der Waals surface area contributed by atoms with Crippen molar-refractivity contribution in [1.29, 1.82) is 0 Å². The Bertz CT molecular complexity index is 641. The number of morpholine rings is 1. The molecule has 0 saturated carbocycles. The molecule has 2 amide bonds. The highest BCUT2D eigenvalue weighted by atomic mass is 16.5. The van der Waals surface area contributed by atoms with Gasteiger partial charge in [-0.3, -0.25) is 4.68 Å². The van der Waals surface area contributed by atoms with Gasteiger partial charge in [0.15, 0.2) is 0 Å². The second kappa shape index (κ2) is 7.28. The van der Waals surface area contributed by atoms with Crippen LogP contribution in [-0.2, 0) is 24.8 Å². The van der Waals surface area contributed by atoms with Crippen molar-refractivity contribution in [3.63, 3.8) is 0 Å². The zero-order valence-corrected chi connectivity index (χ0v) is 13.3. The van der Waals surface area contributed by atoms with E-state index in [0.717, 1.165) is 12.1 Å². The molecule has 1 N–H and O–H groups in total. The maximum absolute atomic E-state index is 12.3. The Morgan fingerprint density at radius 3 is 2.91 bits per heavy atom. The zero-order chi connectivity index (χ0) is 16.1. The summed E-state index contributed by atoms with van der Waals surface area (Å²) in [6.45, 7) is 2.31. The molecule has 23 heavy (non-hydrogen) atoms. The molecule has 0 aliphatic carbocycles. The van der Waals surface area contributed by atoms with Crippen molar-refractivity contribution in [2.45, 2.75) is 19.1 Å². The monoisotopic (exact) mass is 314 g/mol. The first kappa shape index (κ1) is 15.6. The summed E-state index contributed by atoms with van der Waals surface area (Å²) in [5, 5.41) is 7.05. The van der Waals surface area contributed by atoms with Crippen molar-refractivity contribution in [2.75, 3.05) is 19.7 Å². The third-order valence-electron chi connectivity index (χ3n) is 4.08. The number of amides is 2. The van der Waals surface area contributed by atoms with Crippen LogP contribution >= 0.6 is 0 Å². The highest BCUT2D eigenvalue weighted by molar-refractivity contribution is 5.74. The number of nitrogens with zero attached hydrogens (tertiary/aromatic N) is 3. The first-order chi connectivity index (χ1) is 11.2. The fraction of sp³-hybridized carbons (Fsp3) is 0.412. The molecule has 0 radical (unpaired) electrons. The Kier molecular flexibility index (Phi) is 4.92. The lowest BCUT2D eigenvalue weighted by atomic mass is 10.1. The third kappa shape index (κ3) is 4.10. The van der Waals surface area contributed by atoms with Gasteiger partial charge in [0.25, 0.3) is 0 Å². The molecule has 6 heteroatoms. The summed E-state index contributed by atoms with van der Waals surface area (Å²) in [6, 6.07) is 12.1. The third-order valence-corrected chi connectivity index (χ3v) is 4.08. The minimum atomic E-state index is -0.0486. The predicted molar refractivity (Wildman–Crippen MR) is 86.9 cm³/mol. The number of benzene rings is 1. The summed E-state index contributed by atoms with van der Waals surface area (Å²) in [5.74, 6) is 0. The number of carbonyl (C=O) groups excluding carboxylic acids is 1. The number of aromatic nitrogens is 2. The number of carbonyl (C=O) groups is 1. The average Bonchev–Trinajstić information content (AvgIpc) is 2.99. The Labute approximate surface area is 136 Å². The molecule has 1 atom stereocenters. The molecule has 2 aromatic rings. The number of hydrogen-bond acceptors (Lipinski definition) is 3.